The maximum Gasteiger partial charge on any atom is 0.114 e. The number of hydrogen-bond acceptors (Lipinski definition) is 3. The average molecular weight is 304 g/mol. The van der Waals surface area contributed by atoms with Crippen molar-refractivity contribution in [3.8, 4) is 0 Å². The Morgan fingerprint density at radius 1 is 0.650 bits per heavy atom. The highest BCUT2D eigenvalue weighted by molar-refractivity contribution is 7.63. The molecule has 3 nitrogen and oxygen atoms in total. The molecule has 0 heterocycles. The van der Waals surface area contributed by atoms with Gasteiger partial charge in [-0.15, -0.1) is 0 Å². The molecule has 0 aromatic heterocycles. The lowest BCUT2D eigenvalue weighted by atomic mass is 10.4. The molecule has 0 aliphatic rings. The molecule has 0 radical (unpaired) electrons. The first-order valence-electron chi connectivity index (χ1n) is 8.56. The van der Waals surface area contributed by atoms with Crippen LogP contribution in [0.25, 0.3) is 0 Å². The van der Waals surface area contributed by atoms with E-state index in [1.54, 1.807) is 0 Å². The minimum absolute atomic E-state index is 0.815. The van der Waals surface area contributed by atoms with Gasteiger partial charge in [0.15, 0.2) is 0 Å². The van der Waals surface area contributed by atoms with Crippen LogP contribution in [0.15, 0.2) is 0 Å². The third kappa shape index (κ3) is 8.44. The largest absolute Gasteiger partial charge is 0.321 e. The van der Waals surface area contributed by atoms with Gasteiger partial charge in [-0.05, 0) is 51.9 Å². The average Bonchev–Trinajstić information content (AvgIpc) is 2.40. The first kappa shape index (κ1) is 20.1. The van der Waals surface area contributed by atoms with Gasteiger partial charge in [-0.1, -0.05) is 34.6 Å². The molecule has 0 saturated carbocycles. The molecule has 0 fully saturated rings. The van der Waals surface area contributed by atoms with Gasteiger partial charge in [-0.3, -0.25) is 9.80 Å². The van der Waals surface area contributed by atoms with Crippen LogP contribution in [0.1, 0.15) is 60.3 Å². The van der Waals surface area contributed by atoms with Gasteiger partial charge in [-0.2, -0.15) is 0 Å². The Morgan fingerprint density at radius 3 is 1.15 bits per heavy atom. The normalized spacial score (nSPS) is 12.6. The molecule has 0 bridgehead atoms. The van der Waals surface area contributed by atoms with E-state index in [1.807, 2.05) is 0 Å². The lowest BCUT2D eigenvalue weighted by Crippen LogP contribution is -2.32. The van der Waals surface area contributed by atoms with Crippen LogP contribution in [0.5, 0.6) is 0 Å². The van der Waals surface area contributed by atoms with Gasteiger partial charge in [0.25, 0.3) is 0 Å². The summed E-state index contributed by atoms with van der Waals surface area (Å²) in [6.07, 6.45) is 7.06. The van der Waals surface area contributed by atoms with Crippen molar-refractivity contribution in [1.82, 2.24) is 9.80 Å². The Kier molecular flexibility index (Phi) is 11.9. The summed E-state index contributed by atoms with van der Waals surface area (Å²) < 4.78 is 13.2. The highest BCUT2D eigenvalue weighted by atomic mass is 31.2. The van der Waals surface area contributed by atoms with Crippen molar-refractivity contribution in [1.29, 1.82) is 0 Å². The molecule has 0 aromatic rings. The summed E-state index contributed by atoms with van der Waals surface area (Å²) in [5.74, 6) is 0. The maximum atomic E-state index is 13.2. The highest BCUT2D eigenvalue weighted by Crippen LogP contribution is 2.46. The number of hydrogen-bond donors (Lipinski definition) is 0. The maximum absolute atomic E-state index is 13.2. The molecule has 0 unspecified atom stereocenters. The van der Waals surface area contributed by atoms with Crippen molar-refractivity contribution < 1.29 is 4.57 Å². The Balaban J connectivity index is 4.65. The van der Waals surface area contributed by atoms with Crippen LogP contribution in [0.4, 0.5) is 0 Å². The summed E-state index contributed by atoms with van der Waals surface area (Å²) in [6, 6.07) is 0. The predicted molar refractivity (Wildman–Crippen MR) is 92.2 cm³/mol. The van der Waals surface area contributed by atoms with Gasteiger partial charge in [0.05, 0.1) is 12.6 Å². The van der Waals surface area contributed by atoms with Crippen molar-refractivity contribution in [3.63, 3.8) is 0 Å². The summed E-state index contributed by atoms with van der Waals surface area (Å²) in [6.45, 7) is 15.3. The second-order valence-corrected chi connectivity index (χ2v) is 9.21. The van der Waals surface area contributed by atoms with Crippen LogP contribution in [0.3, 0.4) is 0 Å². The van der Waals surface area contributed by atoms with Gasteiger partial charge >= 0.3 is 0 Å². The minimum Gasteiger partial charge on any atom is -0.321 e. The fourth-order valence-corrected chi connectivity index (χ4v) is 5.26. The summed E-state index contributed by atoms with van der Waals surface area (Å²) in [7, 11) is -2.08. The van der Waals surface area contributed by atoms with E-state index in [9.17, 15) is 4.57 Å². The van der Waals surface area contributed by atoms with Gasteiger partial charge in [-0.25, -0.2) is 0 Å². The Hall–Kier alpha value is 0.150. The Bertz CT molecular complexity index is 237. The first-order valence-corrected chi connectivity index (χ1v) is 10.8. The topological polar surface area (TPSA) is 23.6 Å². The van der Waals surface area contributed by atoms with E-state index in [2.05, 4.69) is 44.4 Å². The lowest BCUT2D eigenvalue weighted by Gasteiger charge is -2.31. The van der Waals surface area contributed by atoms with E-state index in [0.717, 1.165) is 70.6 Å². The zero-order chi connectivity index (χ0) is 15.4. The number of rotatable bonds is 13. The molecule has 4 heteroatoms. The molecule has 0 saturated heterocycles. The van der Waals surface area contributed by atoms with Crippen LogP contribution in [-0.4, -0.2) is 54.7 Å². The second kappa shape index (κ2) is 11.8. The van der Waals surface area contributed by atoms with Crippen molar-refractivity contribution in [2.24, 2.45) is 0 Å². The molecule has 122 valence electrons. The standard InChI is InChI=1S/C16H37N2OP/c1-6-11-17(12-7-2)15-20(19,10-5)16-18(13-8-3)14-9-4/h6-16H2,1-5H3. The van der Waals surface area contributed by atoms with Crippen LogP contribution < -0.4 is 0 Å². The zero-order valence-electron chi connectivity index (χ0n) is 14.5. The Labute approximate surface area is 127 Å². The molecule has 20 heavy (non-hydrogen) atoms. The molecule has 0 N–H and O–H groups in total. The summed E-state index contributed by atoms with van der Waals surface area (Å²) in [5, 5.41) is 0. The van der Waals surface area contributed by atoms with Crippen LogP contribution in [0, 0.1) is 0 Å². The summed E-state index contributed by atoms with van der Waals surface area (Å²) >= 11 is 0. The molecule has 0 atom stereocenters. The SMILES string of the molecule is CCCN(CCC)CP(=O)(CC)CN(CCC)CCC. The molecular formula is C16H37N2OP. The molecule has 0 aliphatic heterocycles. The molecule has 0 spiro atoms. The van der Waals surface area contributed by atoms with E-state index in [1.165, 1.54) is 0 Å². The van der Waals surface area contributed by atoms with Gasteiger partial charge in [0.1, 0.15) is 7.14 Å². The highest BCUT2D eigenvalue weighted by Gasteiger charge is 2.25. The molecule has 0 amide bonds. The van der Waals surface area contributed by atoms with E-state index in [-0.39, 0.29) is 0 Å². The van der Waals surface area contributed by atoms with Crippen LogP contribution >= 0.6 is 7.14 Å². The number of nitrogens with zero attached hydrogens (tertiary/aromatic N) is 2. The molecule has 0 aliphatic carbocycles. The fourth-order valence-electron chi connectivity index (χ4n) is 2.75. The third-order valence-electron chi connectivity index (χ3n) is 3.65. The molecule has 0 rings (SSSR count). The summed E-state index contributed by atoms with van der Waals surface area (Å²) in [4.78, 5) is 4.83. The van der Waals surface area contributed by atoms with E-state index >= 15 is 0 Å². The lowest BCUT2D eigenvalue weighted by molar-refractivity contribution is 0.294. The van der Waals surface area contributed by atoms with E-state index in [4.69, 9.17) is 0 Å². The summed E-state index contributed by atoms with van der Waals surface area (Å²) in [5.41, 5.74) is 0. The van der Waals surface area contributed by atoms with Crippen molar-refractivity contribution in [2.45, 2.75) is 60.3 Å². The molecular weight excluding hydrogens is 267 g/mol. The van der Waals surface area contributed by atoms with Crippen molar-refractivity contribution in [3.05, 3.63) is 0 Å². The van der Waals surface area contributed by atoms with Gasteiger partial charge in [0.2, 0.25) is 0 Å². The van der Waals surface area contributed by atoms with Crippen LogP contribution in [0.2, 0.25) is 0 Å². The predicted octanol–water partition coefficient (Wildman–Crippen LogP) is 4.53. The second-order valence-electron chi connectivity index (χ2n) is 5.89. The van der Waals surface area contributed by atoms with Crippen molar-refractivity contribution >= 4 is 7.14 Å². The smallest absolute Gasteiger partial charge is 0.114 e. The van der Waals surface area contributed by atoms with E-state index in [0.29, 0.717) is 0 Å². The monoisotopic (exact) mass is 304 g/mol. The van der Waals surface area contributed by atoms with E-state index < -0.39 is 7.14 Å². The van der Waals surface area contributed by atoms with Gasteiger partial charge < -0.3 is 4.57 Å². The van der Waals surface area contributed by atoms with Crippen LogP contribution in [-0.2, 0) is 4.57 Å². The Morgan fingerprint density at radius 2 is 0.950 bits per heavy atom. The minimum atomic E-state index is -2.08. The van der Waals surface area contributed by atoms with Gasteiger partial charge in [0, 0.05) is 6.16 Å². The van der Waals surface area contributed by atoms with Crippen molar-refractivity contribution in [2.75, 3.05) is 44.9 Å². The molecule has 0 aromatic carbocycles. The first-order chi connectivity index (χ1) is 9.55. The third-order valence-corrected chi connectivity index (χ3v) is 6.63. The fraction of sp³-hybridized carbons (Fsp3) is 1.00. The zero-order valence-corrected chi connectivity index (χ0v) is 15.4. The quantitative estimate of drug-likeness (QED) is 0.467.